The van der Waals surface area contributed by atoms with Gasteiger partial charge in [0.1, 0.15) is 5.75 Å². The Morgan fingerprint density at radius 3 is 2.40 bits per heavy atom. The molecule has 0 saturated carbocycles. The summed E-state index contributed by atoms with van der Waals surface area (Å²) in [6.45, 7) is 0. The van der Waals surface area contributed by atoms with Crippen molar-refractivity contribution >= 4 is 27.3 Å². The van der Waals surface area contributed by atoms with E-state index in [1.807, 2.05) is 18.2 Å². The van der Waals surface area contributed by atoms with Gasteiger partial charge in [-0.1, -0.05) is 28.1 Å². The van der Waals surface area contributed by atoms with Gasteiger partial charge < -0.3 is 4.74 Å². The van der Waals surface area contributed by atoms with Crippen LogP contribution < -0.4 is 4.74 Å². The van der Waals surface area contributed by atoms with Crippen molar-refractivity contribution in [2.24, 2.45) is 0 Å². The van der Waals surface area contributed by atoms with E-state index in [-0.39, 0.29) is 0 Å². The Labute approximate surface area is 131 Å². The predicted octanol–water partition coefficient (Wildman–Crippen LogP) is 5.85. The van der Waals surface area contributed by atoms with Gasteiger partial charge in [-0.05, 0) is 64.5 Å². The molecule has 0 saturated heterocycles. The van der Waals surface area contributed by atoms with Gasteiger partial charge in [-0.2, -0.15) is 0 Å². The average molecular weight is 345 g/mol. The first kappa shape index (κ1) is 13.4. The van der Waals surface area contributed by atoms with E-state index >= 15 is 0 Å². The zero-order valence-corrected chi connectivity index (χ0v) is 13.4. The van der Waals surface area contributed by atoms with Crippen molar-refractivity contribution in [1.82, 2.24) is 0 Å². The Hall–Kier alpha value is -1.58. The molecule has 3 aromatic rings. The number of benzene rings is 2. The monoisotopic (exact) mass is 344 g/mol. The molecule has 1 nitrogen and oxygen atoms in total. The number of halogens is 1. The van der Waals surface area contributed by atoms with Crippen LogP contribution in [-0.4, -0.2) is 7.11 Å². The normalized spacial score (nSPS) is 10.5. The van der Waals surface area contributed by atoms with Gasteiger partial charge in [-0.3, -0.25) is 0 Å². The summed E-state index contributed by atoms with van der Waals surface area (Å²) in [6.07, 6.45) is 0. The molecule has 100 valence electrons. The summed E-state index contributed by atoms with van der Waals surface area (Å²) in [5.41, 5.74) is 3.70. The maximum atomic E-state index is 5.19. The highest BCUT2D eigenvalue weighted by molar-refractivity contribution is 9.10. The number of hydrogen-bond donors (Lipinski definition) is 0. The van der Waals surface area contributed by atoms with Crippen LogP contribution in [0.5, 0.6) is 5.75 Å². The van der Waals surface area contributed by atoms with E-state index in [9.17, 15) is 0 Å². The van der Waals surface area contributed by atoms with E-state index in [4.69, 9.17) is 4.74 Å². The largest absolute Gasteiger partial charge is 0.497 e. The van der Waals surface area contributed by atoms with Crippen LogP contribution in [0.2, 0.25) is 0 Å². The number of ether oxygens (including phenoxy) is 1. The first-order valence-corrected chi connectivity index (χ1v) is 7.92. The van der Waals surface area contributed by atoms with Crippen LogP contribution in [0.1, 0.15) is 0 Å². The molecule has 0 aliphatic rings. The van der Waals surface area contributed by atoms with Crippen LogP contribution in [0.4, 0.5) is 0 Å². The fraction of sp³-hybridized carbons (Fsp3) is 0.0588. The molecular weight excluding hydrogens is 332 g/mol. The van der Waals surface area contributed by atoms with Gasteiger partial charge >= 0.3 is 0 Å². The third kappa shape index (κ3) is 2.79. The molecule has 0 aliphatic carbocycles. The van der Waals surface area contributed by atoms with E-state index in [0.717, 1.165) is 10.2 Å². The molecule has 1 heterocycles. The number of rotatable bonds is 3. The summed E-state index contributed by atoms with van der Waals surface area (Å²) < 4.78 is 6.29. The summed E-state index contributed by atoms with van der Waals surface area (Å²) in [5.74, 6) is 0.887. The molecule has 0 spiro atoms. The SMILES string of the molecule is COc1ccc(-c2cc(-c3cccc(Br)c3)cs2)cc1. The highest BCUT2D eigenvalue weighted by Crippen LogP contribution is 2.34. The van der Waals surface area contributed by atoms with Crippen molar-refractivity contribution in [3.8, 4) is 27.3 Å². The molecule has 0 N–H and O–H groups in total. The molecule has 0 aliphatic heterocycles. The molecule has 0 atom stereocenters. The Kier molecular flexibility index (Phi) is 3.90. The molecule has 3 heteroatoms. The van der Waals surface area contributed by atoms with Crippen molar-refractivity contribution in [3.63, 3.8) is 0 Å². The van der Waals surface area contributed by atoms with Gasteiger partial charge in [0.2, 0.25) is 0 Å². The van der Waals surface area contributed by atoms with E-state index in [2.05, 4.69) is 57.7 Å². The minimum Gasteiger partial charge on any atom is -0.497 e. The molecular formula is C17H13BrOS. The molecule has 0 unspecified atom stereocenters. The Bertz CT molecular complexity index is 716. The second kappa shape index (κ2) is 5.81. The Morgan fingerprint density at radius 2 is 1.70 bits per heavy atom. The van der Waals surface area contributed by atoms with Crippen molar-refractivity contribution < 1.29 is 4.74 Å². The predicted molar refractivity (Wildman–Crippen MR) is 89.4 cm³/mol. The fourth-order valence-electron chi connectivity index (χ4n) is 2.06. The Morgan fingerprint density at radius 1 is 0.900 bits per heavy atom. The minimum atomic E-state index is 0.887. The third-order valence-electron chi connectivity index (χ3n) is 3.13. The standard InChI is InChI=1S/C17H13BrOS/c1-19-16-7-5-12(6-8-16)17-10-14(11-20-17)13-3-2-4-15(18)9-13/h2-11H,1H3. The molecule has 0 fully saturated rings. The molecule has 0 radical (unpaired) electrons. The number of hydrogen-bond acceptors (Lipinski definition) is 2. The van der Waals surface area contributed by atoms with E-state index in [0.29, 0.717) is 0 Å². The fourth-order valence-corrected chi connectivity index (χ4v) is 3.39. The van der Waals surface area contributed by atoms with Crippen LogP contribution in [0.15, 0.2) is 64.5 Å². The first-order valence-electron chi connectivity index (χ1n) is 6.25. The maximum Gasteiger partial charge on any atom is 0.118 e. The minimum absolute atomic E-state index is 0.887. The molecule has 2 aromatic carbocycles. The second-order valence-electron chi connectivity index (χ2n) is 4.44. The van der Waals surface area contributed by atoms with Gasteiger partial charge in [-0.25, -0.2) is 0 Å². The van der Waals surface area contributed by atoms with Gasteiger partial charge in [-0.15, -0.1) is 11.3 Å². The molecule has 3 rings (SSSR count). The van der Waals surface area contributed by atoms with E-state index in [1.165, 1.54) is 21.6 Å². The zero-order valence-electron chi connectivity index (χ0n) is 11.0. The summed E-state index contributed by atoms with van der Waals surface area (Å²) in [6, 6.07) is 18.8. The van der Waals surface area contributed by atoms with E-state index in [1.54, 1.807) is 18.4 Å². The smallest absolute Gasteiger partial charge is 0.118 e. The Balaban J connectivity index is 1.93. The zero-order chi connectivity index (χ0) is 13.9. The lowest BCUT2D eigenvalue weighted by Crippen LogP contribution is -1.81. The van der Waals surface area contributed by atoms with Crippen LogP contribution in [-0.2, 0) is 0 Å². The van der Waals surface area contributed by atoms with Crippen molar-refractivity contribution in [2.75, 3.05) is 7.11 Å². The maximum absolute atomic E-state index is 5.19. The van der Waals surface area contributed by atoms with Crippen molar-refractivity contribution in [3.05, 3.63) is 64.5 Å². The molecule has 0 bridgehead atoms. The second-order valence-corrected chi connectivity index (χ2v) is 6.27. The number of thiophene rings is 1. The van der Waals surface area contributed by atoms with Crippen LogP contribution in [0.3, 0.4) is 0 Å². The highest BCUT2D eigenvalue weighted by Gasteiger charge is 2.05. The van der Waals surface area contributed by atoms with Crippen molar-refractivity contribution in [1.29, 1.82) is 0 Å². The lowest BCUT2D eigenvalue weighted by molar-refractivity contribution is 0.415. The van der Waals surface area contributed by atoms with Crippen molar-refractivity contribution in [2.45, 2.75) is 0 Å². The summed E-state index contributed by atoms with van der Waals surface area (Å²) in [5, 5.41) is 2.20. The van der Waals surface area contributed by atoms with Gasteiger partial charge in [0.05, 0.1) is 7.11 Å². The summed E-state index contributed by atoms with van der Waals surface area (Å²) >= 11 is 5.28. The number of methoxy groups -OCH3 is 1. The lowest BCUT2D eigenvalue weighted by atomic mass is 10.1. The third-order valence-corrected chi connectivity index (χ3v) is 4.60. The summed E-state index contributed by atoms with van der Waals surface area (Å²) in [7, 11) is 1.69. The summed E-state index contributed by atoms with van der Waals surface area (Å²) in [4.78, 5) is 1.27. The van der Waals surface area contributed by atoms with E-state index < -0.39 is 0 Å². The lowest BCUT2D eigenvalue weighted by Gasteiger charge is -2.01. The molecule has 1 aromatic heterocycles. The van der Waals surface area contributed by atoms with Crippen LogP contribution in [0, 0.1) is 0 Å². The van der Waals surface area contributed by atoms with Gasteiger partial charge in [0.25, 0.3) is 0 Å². The van der Waals surface area contributed by atoms with Gasteiger partial charge in [0.15, 0.2) is 0 Å². The molecule has 0 amide bonds. The first-order chi connectivity index (χ1) is 9.76. The molecule has 20 heavy (non-hydrogen) atoms. The van der Waals surface area contributed by atoms with Crippen LogP contribution >= 0.6 is 27.3 Å². The topological polar surface area (TPSA) is 9.23 Å². The van der Waals surface area contributed by atoms with Crippen LogP contribution in [0.25, 0.3) is 21.6 Å². The van der Waals surface area contributed by atoms with Gasteiger partial charge in [0, 0.05) is 9.35 Å². The quantitative estimate of drug-likeness (QED) is 0.578. The highest BCUT2D eigenvalue weighted by atomic mass is 79.9. The average Bonchev–Trinajstić information content (AvgIpc) is 2.97.